The molecule has 0 radical (unpaired) electrons. The van der Waals surface area contributed by atoms with E-state index in [1.807, 2.05) is 63.5 Å². The number of amides is 2. The highest BCUT2D eigenvalue weighted by atomic mass is 32.1. The third kappa shape index (κ3) is 4.79. The van der Waals surface area contributed by atoms with Gasteiger partial charge in [-0.15, -0.1) is 11.3 Å². The molecular weight excluding hydrogens is 504 g/mol. The first kappa shape index (κ1) is 24.3. The molecule has 0 saturated heterocycles. The van der Waals surface area contributed by atoms with Gasteiger partial charge in [0, 0.05) is 30.9 Å². The molecule has 2 aromatic heterocycles. The Balaban J connectivity index is 1.40. The standard InChI is InChI=1S/C28H28N4O5S/c1-35-23-15-22-18-6-8-32(26(34)14-20-16-31-9-11-38-28(31)30-20)27(22)19-4-2-5-21(12-19)36-10-3-7-29-25(33)17-37-24(23)13-18/h2,4-5,9,11-13,15-16,27H,3,6-8,10,14,17H2,1H3,(H,29,33). The van der Waals surface area contributed by atoms with Gasteiger partial charge in [-0.1, -0.05) is 12.1 Å². The summed E-state index contributed by atoms with van der Waals surface area (Å²) in [6, 6.07) is 11.4. The Morgan fingerprint density at radius 2 is 2.18 bits per heavy atom. The van der Waals surface area contributed by atoms with Crippen molar-refractivity contribution in [2.45, 2.75) is 25.3 Å². The fraction of sp³-hybridized carbons (Fsp3) is 0.321. The SMILES string of the molecule is COc1cc2c3cc1OCC(=O)NCCCOc1cccc(c1)C2N(C(=O)Cc1cn2ccsc2n1)CC3. The molecule has 1 atom stereocenters. The van der Waals surface area contributed by atoms with E-state index in [4.69, 9.17) is 14.2 Å². The molecule has 196 valence electrons. The van der Waals surface area contributed by atoms with Crippen LogP contribution in [0.15, 0.2) is 54.2 Å². The van der Waals surface area contributed by atoms with Gasteiger partial charge in [0.25, 0.3) is 5.91 Å². The molecule has 1 N–H and O–H groups in total. The van der Waals surface area contributed by atoms with E-state index in [0.29, 0.717) is 44.0 Å². The zero-order valence-corrected chi connectivity index (χ0v) is 21.8. The van der Waals surface area contributed by atoms with Crippen LogP contribution in [-0.2, 0) is 22.4 Å². The Hall–Kier alpha value is -4.05. The first-order valence-electron chi connectivity index (χ1n) is 12.6. The molecule has 3 aliphatic rings. The Labute approximate surface area is 223 Å². The molecule has 1 unspecified atom stereocenters. The maximum absolute atomic E-state index is 13.8. The number of fused-ring (bicyclic) bond motifs is 9. The Kier molecular flexibility index (Phi) is 6.63. The lowest BCUT2D eigenvalue weighted by molar-refractivity contribution is -0.132. The smallest absolute Gasteiger partial charge is 0.257 e. The summed E-state index contributed by atoms with van der Waals surface area (Å²) in [6.07, 6.45) is 5.38. The van der Waals surface area contributed by atoms with Crippen LogP contribution in [0.25, 0.3) is 4.96 Å². The fourth-order valence-electron chi connectivity index (χ4n) is 5.10. The van der Waals surface area contributed by atoms with E-state index < -0.39 is 0 Å². The molecule has 0 spiro atoms. The average Bonchev–Trinajstić information content (AvgIpc) is 3.52. The molecule has 10 heteroatoms. The number of ether oxygens (including phenoxy) is 3. The lowest BCUT2D eigenvalue weighted by Crippen LogP contribution is -2.41. The molecule has 2 aromatic carbocycles. The predicted octanol–water partition coefficient (Wildman–Crippen LogP) is 3.40. The molecule has 5 heterocycles. The number of hydrogen-bond donors (Lipinski definition) is 1. The third-order valence-electron chi connectivity index (χ3n) is 6.89. The molecule has 9 nitrogen and oxygen atoms in total. The molecule has 2 amide bonds. The van der Waals surface area contributed by atoms with E-state index >= 15 is 0 Å². The summed E-state index contributed by atoms with van der Waals surface area (Å²) in [5, 5.41) is 4.83. The van der Waals surface area contributed by atoms with Gasteiger partial charge >= 0.3 is 0 Å². The summed E-state index contributed by atoms with van der Waals surface area (Å²) in [7, 11) is 1.58. The van der Waals surface area contributed by atoms with Crippen LogP contribution in [0.5, 0.6) is 17.2 Å². The molecule has 0 aliphatic carbocycles. The summed E-state index contributed by atoms with van der Waals surface area (Å²) >= 11 is 1.54. The van der Waals surface area contributed by atoms with Crippen molar-refractivity contribution in [2.24, 2.45) is 0 Å². The number of hydrogen-bond acceptors (Lipinski definition) is 7. The van der Waals surface area contributed by atoms with Gasteiger partial charge in [-0.3, -0.25) is 14.0 Å². The Morgan fingerprint density at radius 3 is 3.05 bits per heavy atom. The minimum absolute atomic E-state index is 0.00286. The molecule has 6 bridgehead atoms. The number of aromatic nitrogens is 2. The van der Waals surface area contributed by atoms with Crippen molar-refractivity contribution in [3.05, 3.63) is 76.6 Å². The summed E-state index contributed by atoms with van der Waals surface area (Å²) < 4.78 is 19.5. The highest BCUT2D eigenvalue weighted by molar-refractivity contribution is 7.15. The van der Waals surface area contributed by atoms with Gasteiger partial charge in [-0.05, 0) is 53.8 Å². The van der Waals surface area contributed by atoms with Gasteiger partial charge < -0.3 is 24.4 Å². The van der Waals surface area contributed by atoms with E-state index in [0.717, 1.165) is 33.1 Å². The summed E-state index contributed by atoms with van der Waals surface area (Å²) in [5.74, 6) is 1.56. The van der Waals surface area contributed by atoms with Gasteiger partial charge in [-0.2, -0.15) is 0 Å². The van der Waals surface area contributed by atoms with Crippen molar-refractivity contribution >= 4 is 28.1 Å². The number of carbonyl (C=O) groups is 2. The van der Waals surface area contributed by atoms with Gasteiger partial charge in [0.05, 0.1) is 31.9 Å². The lowest BCUT2D eigenvalue weighted by Gasteiger charge is -2.38. The second-order valence-corrected chi connectivity index (χ2v) is 10.2. The highest BCUT2D eigenvalue weighted by Gasteiger charge is 2.34. The zero-order chi connectivity index (χ0) is 26.1. The van der Waals surface area contributed by atoms with Gasteiger partial charge in [0.1, 0.15) is 5.75 Å². The predicted molar refractivity (Wildman–Crippen MR) is 142 cm³/mol. The molecule has 4 aromatic rings. The zero-order valence-electron chi connectivity index (χ0n) is 21.0. The second kappa shape index (κ2) is 10.4. The molecular formula is C28H28N4O5S. The van der Waals surface area contributed by atoms with Crippen LogP contribution in [0.4, 0.5) is 0 Å². The van der Waals surface area contributed by atoms with Crippen molar-refractivity contribution in [3.63, 3.8) is 0 Å². The van der Waals surface area contributed by atoms with Gasteiger partial charge in [0.2, 0.25) is 5.91 Å². The van der Waals surface area contributed by atoms with E-state index in [9.17, 15) is 9.59 Å². The minimum Gasteiger partial charge on any atom is -0.494 e. The summed E-state index contributed by atoms with van der Waals surface area (Å²) in [5.41, 5.74) is 3.72. The molecule has 7 rings (SSSR count). The van der Waals surface area contributed by atoms with Crippen LogP contribution < -0.4 is 19.5 Å². The van der Waals surface area contributed by atoms with E-state index in [1.54, 1.807) is 18.4 Å². The Morgan fingerprint density at radius 1 is 1.26 bits per heavy atom. The van der Waals surface area contributed by atoms with Crippen LogP contribution in [0.3, 0.4) is 0 Å². The largest absolute Gasteiger partial charge is 0.494 e. The second-order valence-electron chi connectivity index (χ2n) is 9.36. The molecule has 3 aliphatic heterocycles. The molecule has 38 heavy (non-hydrogen) atoms. The number of carbonyl (C=O) groups excluding carboxylic acids is 2. The lowest BCUT2D eigenvalue weighted by atomic mass is 9.87. The minimum atomic E-state index is -0.335. The maximum atomic E-state index is 13.8. The van der Waals surface area contributed by atoms with Crippen LogP contribution in [-0.4, -0.2) is 59.5 Å². The maximum Gasteiger partial charge on any atom is 0.257 e. The van der Waals surface area contributed by atoms with E-state index in [2.05, 4.69) is 10.3 Å². The topological polar surface area (TPSA) is 94.4 Å². The van der Waals surface area contributed by atoms with Crippen molar-refractivity contribution in [1.29, 1.82) is 0 Å². The number of nitrogens with one attached hydrogen (secondary N) is 1. The van der Waals surface area contributed by atoms with Crippen molar-refractivity contribution < 1.29 is 23.8 Å². The van der Waals surface area contributed by atoms with Crippen LogP contribution in [0.1, 0.15) is 34.8 Å². The number of nitrogens with zero attached hydrogens (tertiary/aromatic N) is 3. The number of thiazole rings is 1. The molecule has 0 saturated carbocycles. The summed E-state index contributed by atoms with van der Waals surface area (Å²) in [4.78, 5) is 33.5. The number of rotatable bonds is 3. The number of imidazole rings is 1. The number of methoxy groups -OCH3 is 1. The van der Waals surface area contributed by atoms with Crippen molar-refractivity contribution in [1.82, 2.24) is 19.6 Å². The van der Waals surface area contributed by atoms with Crippen LogP contribution in [0, 0.1) is 0 Å². The average molecular weight is 533 g/mol. The van der Waals surface area contributed by atoms with E-state index in [-0.39, 0.29) is 30.9 Å². The number of benzene rings is 2. The summed E-state index contributed by atoms with van der Waals surface area (Å²) in [6.45, 7) is 1.38. The van der Waals surface area contributed by atoms with Crippen molar-refractivity contribution in [3.8, 4) is 17.2 Å². The van der Waals surface area contributed by atoms with E-state index in [1.165, 1.54) is 0 Å². The fourth-order valence-corrected chi connectivity index (χ4v) is 5.82. The third-order valence-corrected chi connectivity index (χ3v) is 7.66. The highest BCUT2D eigenvalue weighted by Crippen LogP contribution is 2.42. The normalized spacial score (nSPS) is 17.6. The van der Waals surface area contributed by atoms with Crippen LogP contribution in [0.2, 0.25) is 0 Å². The quantitative estimate of drug-likeness (QED) is 0.435. The van der Waals surface area contributed by atoms with Gasteiger partial charge in [0.15, 0.2) is 23.1 Å². The molecule has 0 fully saturated rings. The first-order chi connectivity index (χ1) is 18.6. The van der Waals surface area contributed by atoms with Crippen LogP contribution >= 0.6 is 11.3 Å². The monoisotopic (exact) mass is 532 g/mol. The van der Waals surface area contributed by atoms with Gasteiger partial charge in [-0.25, -0.2) is 4.98 Å². The first-order valence-corrected chi connectivity index (χ1v) is 13.5. The Bertz CT molecular complexity index is 1470. The van der Waals surface area contributed by atoms with Crippen molar-refractivity contribution in [2.75, 3.05) is 33.4 Å².